The van der Waals surface area contributed by atoms with Gasteiger partial charge in [0.2, 0.25) is 0 Å². The van der Waals surface area contributed by atoms with Crippen LogP contribution in [0.3, 0.4) is 0 Å². The summed E-state index contributed by atoms with van der Waals surface area (Å²) in [7, 11) is 0. The minimum atomic E-state index is -0.331. The highest BCUT2D eigenvalue weighted by Gasteiger charge is 2.39. The normalized spacial score (nSPS) is 28.9. The van der Waals surface area contributed by atoms with E-state index < -0.39 is 0 Å². The Bertz CT molecular complexity index is 563. The van der Waals surface area contributed by atoms with Crippen LogP contribution in [-0.4, -0.2) is 47.8 Å². The summed E-state index contributed by atoms with van der Waals surface area (Å²) in [4.78, 5) is 14.9. The lowest BCUT2D eigenvalue weighted by atomic mass is 9.93. The molecule has 22 heavy (non-hydrogen) atoms. The molecule has 0 radical (unpaired) electrons. The Morgan fingerprint density at radius 3 is 2.95 bits per heavy atom. The third-order valence-electron chi connectivity index (χ3n) is 4.88. The van der Waals surface area contributed by atoms with Gasteiger partial charge in [-0.2, -0.15) is 0 Å². The lowest BCUT2D eigenvalue weighted by molar-refractivity contribution is -0.0383. The van der Waals surface area contributed by atoms with Gasteiger partial charge in [0.05, 0.1) is 25.4 Å². The lowest BCUT2D eigenvalue weighted by Crippen LogP contribution is -2.53. The van der Waals surface area contributed by atoms with Crippen molar-refractivity contribution in [2.45, 2.75) is 38.3 Å². The van der Waals surface area contributed by atoms with Crippen LogP contribution in [0.4, 0.5) is 0 Å². The van der Waals surface area contributed by atoms with Crippen LogP contribution in [0.1, 0.15) is 35.2 Å². The Morgan fingerprint density at radius 2 is 2.23 bits per heavy atom. The van der Waals surface area contributed by atoms with Gasteiger partial charge in [-0.25, -0.2) is 0 Å². The first-order valence-electron chi connectivity index (χ1n) is 7.91. The van der Waals surface area contributed by atoms with Gasteiger partial charge >= 0.3 is 0 Å². The number of ether oxygens (including phenoxy) is 1. The van der Waals surface area contributed by atoms with E-state index in [1.165, 1.54) is 0 Å². The van der Waals surface area contributed by atoms with Crippen molar-refractivity contribution in [2.75, 3.05) is 19.8 Å². The molecule has 4 nitrogen and oxygen atoms in total. The number of hydrogen-bond donors (Lipinski definition) is 1. The van der Waals surface area contributed by atoms with Crippen LogP contribution < -0.4 is 0 Å². The Labute approximate surface area is 136 Å². The molecule has 1 heterocycles. The maximum absolute atomic E-state index is 13.0. The summed E-state index contributed by atoms with van der Waals surface area (Å²) in [6.07, 6.45) is 2.45. The topological polar surface area (TPSA) is 49.8 Å². The van der Waals surface area contributed by atoms with E-state index >= 15 is 0 Å². The first-order valence-corrected chi connectivity index (χ1v) is 8.28. The summed E-state index contributed by atoms with van der Waals surface area (Å²) in [5.74, 6) is 0.108. The summed E-state index contributed by atoms with van der Waals surface area (Å²) in [6.45, 7) is 3.54. The zero-order valence-corrected chi connectivity index (χ0v) is 13.6. The van der Waals surface area contributed by atoms with Crippen molar-refractivity contribution in [3.8, 4) is 0 Å². The number of benzene rings is 1. The van der Waals surface area contributed by atoms with Crippen LogP contribution in [0, 0.1) is 12.8 Å². The molecule has 2 fully saturated rings. The number of morpholine rings is 1. The van der Waals surface area contributed by atoms with Gasteiger partial charge in [0.15, 0.2) is 0 Å². The first-order chi connectivity index (χ1) is 10.6. The van der Waals surface area contributed by atoms with Crippen LogP contribution in [0.25, 0.3) is 0 Å². The molecule has 1 N–H and O–H groups in total. The maximum atomic E-state index is 13.0. The van der Waals surface area contributed by atoms with Gasteiger partial charge in [-0.1, -0.05) is 24.1 Å². The third kappa shape index (κ3) is 3.00. The van der Waals surface area contributed by atoms with Crippen LogP contribution in [-0.2, 0) is 4.74 Å². The van der Waals surface area contributed by atoms with Crippen molar-refractivity contribution >= 4 is 17.5 Å². The molecule has 3 unspecified atom stereocenters. The Hall–Kier alpha value is -1.10. The number of aliphatic hydroxyl groups excluding tert-OH is 1. The highest BCUT2D eigenvalue weighted by molar-refractivity contribution is 6.31. The van der Waals surface area contributed by atoms with E-state index in [0.29, 0.717) is 30.3 Å². The number of aryl methyl sites for hydroxylation is 1. The van der Waals surface area contributed by atoms with E-state index in [1.807, 2.05) is 17.9 Å². The largest absolute Gasteiger partial charge is 0.393 e. The number of halogens is 1. The molecule has 1 aliphatic heterocycles. The summed E-state index contributed by atoms with van der Waals surface area (Å²) in [6, 6.07) is 5.36. The van der Waals surface area contributed by atoms with E-state index in [4.69, 9.17) is 16.3 Å². The average Bonchev–Trinajstić information content (AvgIpc) is 2.95. The van der Waals surface area contributed by atoms with E-state index in [1.54, 1.807) is 12.1 Å². The molecule has 0 spiro atoms. The highest BCUT2D eigenvalue weighted by atomic mass is 35.5. The minimum Gasteiger partial charge on any atom is -0.393 e. The smallest absolute Gasteiger partial charge is 0.254 e. The molecule has 2 aliphatic rings. The summed E-state index contributed by atoms with van der Waals surface area (Å²) in [5, 5.41) is 10.8. The fraction of sp³-hybridized carbons (Fsp3) is 0.588. The molecule has 1 saturated heterocycles. The molecular weight excluding hydrogens is 302 g/mol. The average molecular weight is 324 g/mol. The number of hydrogen-bond acceptors (Lipinski definition) is 3. The quantitative estimate of drug-likeness (QED) is 0.910. The van der Waals surface area contributed by atoms with Gasteiger partial charge in [-0.05, 0) is 37.5 Å². The number of nitrogens with zero attached hydrogens (tertiary/aromatic N) is 1. The van der Waals surface area contributed by atoms with Gasteiger partial charge in [0, 0.05) is 23.0 Å². The second-order valence-electron chi connectivity index (χ2n) is 6.26. The zero-order chi connectivity index (χ0) is 15.7. The molecule has 3 atom stereocenters. The first kappa shape index (κ1) is 15.8. The fourth-order valence-electron chi connectivity index (χ4n) is 3.63. The molecule has 0 bridgehead atoms. The molecule has 1 aromatic carbocycles. The Morgan fingerprint density at radius 1 is 1.41 bits per heavy atom. The van der Waals surface area contributed by atoms with Crippen molar-refractivity contribution < 1.29 is 14.6 Å². The highest BCUT2D eigenvalue weighted by Crippen LogP contribution is 2.33. The van der Waals surface area contributed by atoms with Crippen LogP contribution in [0.2, 0.25) is 5.02 Å². The molecule has 5 heteroatoms. The van der Waals surface area contributed by atoms with Crippen LogP contribution >= 0.6 is 11.6 Å². The lowest BCUT2D eigenvalue weighted by Gasteiger charge is -2.40. The van der Waals surface area contributed by atoms with E-state index in [9.17, 15) is 9.90 Å². The van der Waals surface area contributed by atoms with Crippen molar-refractivity contribution in [1.82, 2.24) is 4.90 Å². The van der Waals surface area contributed by atoms with Crippen LogP contribution in [0.5, 0.6) is 0 Å². The third-order valence-corrected chi connectivity index (χ3v) is 5.12. The van der Waals surface area contributed by atoms with Crippen molar-refractivity contribution in [3.05, 3.63) is 34.3 Å². The molecule has 0 aromatic heterocycles. The number of aliphatic hydroxyl groups is 1. The summed E-state index contributed by atoms with van der Waals surface area (Å²) in [5.41, 5.74) is 1.57. The fourth-order valence-corrected chi connectivity index (χ4v) is 3.80. The SMILES string of the molecule is Cc1ccc(Cl)cc1C(=O)N1CCOCC1C1CCCC1O. The number of carbonyl (C=O) groups is 1. The van der Waals surface area contributed by atoms with Gasteiger partial charge < -0.3 is 14.7 Å². The molecule has 120 valence electrons. The van der Waals surface area contributed by atoms with E-state index in [0.717, 1.165) is 24.8 Å². The standard InChI is InChI=1S/C17H22ClNO3/c1-11-5-6-12(18)9-14(11)17(21)19-7-8-22-10-15(19)13-3-2-4-16(13)20/h5-6,9,13,15-16,20H,2-4,7-8,10H2,1H3. The van der Waals surface area contributed by atoms with E-state index in [-0.39, 0.29) is 24.0 Å². The van der Waals surface area contributed by atoms with Gasteiger partial charge in [0.1, 0.15) is 0 Å². The molecule has 1 aromatic rings. The minimum absolute atomic E-state index is 0.00704. The van der Waals surface area contributed by atoms with Crippen molar-refractivity contribution in [1.29, 1.82) is 0 Å². The molecule has 1 aliphatic carbocycles. The summed E-state index contributed by atoms with van der Waals surface area (Å²) < 4.78 is 5.58. The zero-order valence-electron chi connectivity index (χ0n) is 12.8. The van der Waals surface area contributed by atoms with Crippen LogP contribution in [0.15, 0.2) is 18.2 Å². The van der Waals surface area contributed by atoms with Crippen molar-refractivity contribution in [2.24, 2.45) is 5.92 Å². The molecule has 1 amide bonds. The van der Waals surface area contributed by atoms with E-state index in [2.05, 4.69) is 0 Å². The summed E-state index contributed by atoms with van der Waals surface area (Å²) >= 11 is 6.05. The second-order valence-corrected chi connectivity index (χ2v) is 6.70. The van der Waals surface area contributed by atoms with Gasteiger partial charge in [0.25, 0.3) is 5.91 Å². The Kier molecular flexibility index (Phi) is 4.71. The monoisotopic (exact) mass is 323 g/mol. The van der Waals surface area contributed by atoms with Crippen molar-refractivity contribution in [3.63, 3.8) is 0 Å². The molecular formula is C17H22ClNO3. The maximum Gasteiger partial charge on any atom is 0.254 e. The number of amides is 1. The second kappa shape index (κ2) is 6.57. The molecule has 3 rings (SSSR count). The molecule has 1 saturated carbocycles. The van der Waals surface area contributed by atoms with Gasteiger partial charge in [-0.3, -0.25) is 4.79 Å². The van der Waals surface area contributed by atoms with Gasteiger partial charge in [-0.15, -0.1) is 0 Å². The predicted molar refractivity (Wildman–Crippen MR) is 85.2 cm³/mol. The number of rotatable bonds is 2. The Balaban J connectivity index is 1.86. The predicted octanol–water partition coefficient (Wildman–Crippen LogP) is 2.65. The number of carbonyl (C=O) groups excluding carboxylic acids is 1.